The summed E-state index contributed by atoms with van der Waals surface area (Å²) >= 11 is 6.57. The van der Waals surface area contributed by atoms with E-state index in [1.165, 1.54) is 0 Å². The molecule has 2 atom stereocenters. The summed E-state index contributed by atoms with van der Waals surface area (Å²) in [5.41, 5.74) is 0. The summed E-state index contributed by atoms with van der Waals surface area (Å²) < 4.78 is 1.67. The largest absolute Gasteiger partial charge is 0.512 e. The number of hydrogen-bond acceptors (Lipinski definition) is 1. The molecule has 1 N–H and O–H groups in total. The Morgan fingerprint density at radius 3 is 2.64 bits per heavy atom. The van der Waals surface area contributed by atoms with Crippen molar-refractivity contribution in [3.8, 4) is 0 Å². The lowest BCUT2D eigenvalue weighted by Crippen LogP contribution is -2.12. The highest BCUT2D eigenvalue weighted by Gasteiger charge is 2.24. The average Bonchev–Trinajstić information content (AvgIpc) is 1.97. The van der Waals surface area contributed by atoms with Gasteiger partial charge in [-0.25, -0.2) is 0 Å². The minimum absolute atomic E-state index is 0.149. The summed E-state index contributed by atoms with van der Waals surface area (Å²) in [6, 6.07) is 0. The minimum atomic E-state index is -0.302. The highest BCUT2D eigenvalue weighted by Crippen LogP contribution is 2.39. The summed E-state index contributed by atoms with van der Waals surface area (Å²) in [5, 5.41) is 9.38. The van der Waals surface area contributed by atoms with Gasteiger partial charge in [0, 0.05) is 0 Å². The van der Waals surface area contributed by atoms with E-state index in [4.69, 9.17) is 7.85 Å². The molecule has 4 heteroatoms. The van der Waals surface area contributed by atoms with Crippen LogP contribution in [0.1, 0.15) is 6.92 Å². The standard InChI is InChI=1S/C7H7BBr2O/c1-3-4(9)2-5(10)7(11)6(3)8/h2-3,6,11H,1H3/t3-,6?/m1/s1. The fourth-order valence-corrected chi connectivity index (χ4v) is 2.23. The molecule has 0 bridgehead atoms. The summed E-state index contributed by atoms with van der Waals surface area (Å²) in [5.74, 6) is 0.0701. The molecule has 0 fully saturated rings. The zero-order chi connectivity index (χ0) is 8.59. The van der Waals surface area contributed by atoms with Crippen LogP contribution in [0.3, 0.4) is 0 Å². The van der Waals surface area contributed by atoms with Gasteiger partial charge >= 0.3 is 0 Å². The van der Waals surface area contributed by atoms with Gasteiger partial charge in [-0.1, -0.05) is 22.9 Å². The Hall–Kier alpha value is 0.305. The zero-order valence-electron chi connectivity index (χ0n) is 6.01. The van der Waals surface area contributed by atoms with E-state index >= 15 is 0 Å². The van der Waals surface area contributed by atoms with E-state index in [0.29, 0.717) is 4.48 Å². The van der Waals surface area contributed by atoms with Crippen LogP contribution in [0.25, 0.3) is 0 Å². The molecule has 0 aromatic rings. The van der Waals surface area contributed by atoms with Gasteiger partial charge in [-0.05, 0) is 38.2 Å². The van der Waals surface area contributed by atoms with E-state index in [9.17, 15) is 5.11 Å². The molecule has 0 aliphatic heterocycles. The number of allylic oxidation sites excluding steroid dienone is 4. The van der Waals surface area contributed by atoms with Crippen molar-refractivity contribution in [1.29, 1.82) is 0 Å². The molecule has 0 heterocycles. The molecule has 58 valence electrons. The first-order valence-electron chi connectivity index (χ1n) is 3.25. The van der Waals surface area contributed by atoms with Gasteiger partial charge in [0.15, 0.2) is 0 Å². The second-order valence-corrected chi connectivity index (χ2v) is 4.35. The van der Waals surface area contributed by atoms with Gasteiger partial charge in [-0.3, -0.25) is 0 Å². The lowest BCUT2D eigenvalue weighted by molar-refractivity contribution is 0.368. The first-order valence-corrected chi connectivity index (χ1v) is 4.84. The third-order valence-corrected chi connectivity index (χ3v) is 3.38. The molecule has 2 radical (unpaired) electrons. The molecule has 1 aliphatic carbocycles. The summed E-state index contributed by atoms with van der Waals surface area (Å²) in [7, 11) is 5.69. The molecule has 0 saturated carbocycles. The quantitative estimate of drug-likeness (QED) is 0.675. The van der Waals surface area contributed by atoms with Crippen LogP contribution in [-0.4, -0.2) is 13.0 Å². The van der Waals surface area contributed by atoms with Gasteiger partial charge in [-0.2, -0.15) is 0 Å². The number of hydrogen-bond donors (Lipinski definition) is 1. The maximum atomic E-state index is 9.38. The van der Waals surface area contributed by atoms with Gasteiger partial charge in [0.05, 0.1) is 12.3 Å². The summed E-state index contributed by atoms with van der Waals surface area (Å²) in [6.07, 6.45) is 1.82. The molecular formula is C7H7BBr2O. The van der Waals surface area contributed by atoms with Crippen molar-refractivity contribution in [2.24, 2.45) is 5.92 Å². The highest BCUT2D eigenvalue weighted by molar-refractivity contribution is 9.12. The van der Waals surface area contributed by atoms with Gasteiger partial charge in [0.25, 0.3) is 0 Å². The normalized spacial score (nSPS) is 32.1. The number of aliphatic hydroxyl groups excluding tert-OH is 1. The SMILES string of the molecule is [B]C1C(O)=C(Br)C=C(Br)[C@H]1C. The Morgan fingerprint density at radius 1 is 1.55 bits per heavy atom. The van der Waals surface area contributed by atoms with Crippen LogP contribution in [0.4, 0.5) is 0 Å². The van der Waals surface area contributed by atoms with Gasteiger partial charge < -0.3 is 5.11 Å². The van der Waals surface area contributed by atoms with Crippen molar-refractivity contribution in [2.45, 2.75) is 12.7 Å². The average molecular weight is 278 g/mol. The Labute approximate surface area is 84.2 Å². The van der Waals surface area contributed by atoms with Gasteiger partial charge in [0.1, 0.15) is 5.76 Å². The minimum Gasteiger partial charge on any atom is -0.512 e. The Morgan fingerprint density at radius 2 is 2.09 bits per heavy atom. The fourth-order valence-electron chi connectivity index (χ4n) is 0.894. The van der Waals surface area contributed by atoms with Crippen LogP contribution in [0.15, 0.2) is 20.8 Å². The van der Waals surface area contributed by atoms with Crippen molar-refractivity contribution in [3.05, 3.63) is 20.8 Å². The van der Waals surface area contributed by atoms with Crippen molar-refractivity contribution < 1.29 is 5.11 Å². The molecule has 0 amide bonds. The van der Waals surface area contributed by atoms with Crippen LogP contribution in [0, 0.1) is 5.92 Å². The third kappa shape index (κ3) is 1.72. The number of rotatable bonds is 0. The molecule has 0 aromatic carbocycles. The Bertz CT molecular complexity index is 235. The first-order chi connectivity index (χ1) is 5.04. The molecular weight excluding hydrogens is 271 g/mol. The number of halogens is 2. The first kappa shape index (κ1) is 9.39. The van der Waals surface area contributed by atoms with Crippen LogP contribution in [0.5, 0.6) is 0 Å². The summed E-state index contributed by atoms with van der Waals surface area (Å²) in [6.45, 7) is 1.96. The van der Waals surface area contributed by atoms with Crippen LogP contribution < -0.4 is 0 Å². The molecule has 1 aliphatic rings. The van der Waals surface area contributed by atoms with Crippen LogP contribution in [0.2, 0.25) is 5.82 Å². The predicted octanol–water partition coefficient (Wildman–Crippen LogP) is 3.04. The second-order valence-electron chi connectivity index (χ2n) is 2.58. The molecule has 1 rings (SSSR count). The lowest BCUT2D eigenvalue weighted by atomic mass is 9.74. The van der Waals surface area contributed by atoms with E-state index in [0.717, 1.165) is 4.48 Å². The van der Waals surface area contributed by atoms with Crippen molar-refractivity contribution in [2.75, 3.05) is 0 Å². The zero-order valence-corrected chi connectivity index (χ0v) is 9.18. The molecule has 1 nitrogen and oxygen atoms in total. The molecule has 1 unspecified atom stereocenters. The maximum Gasteiger partial charge on any atom is 0.101 e. The molecule has 0 aromatic heterocycles. The Balaban J connectivity index is 3.01. The summed E-state index contributed by atoms with van der Waals surface area (Å²) in [4.78, 5) is 0. The number of aliphatic hydroxyl groups is 1. The van der Waals surface area contributed by atoms with Crippen molar-refractivity contribution in [1.82, 2.24) is 0 Å². The topological polar surface area (TPSA) is 20.2 Å². The van der Waals surface area contributed by atoms with E-state index in [2.05, 4.69) is 31.9 Å². The van der Waals surface area contributed by atoms with E-state index in [-0.39, 0.29) is 17.5 Å². The van der Waals surface area contributed by atoms with Crippen LogP contribution >= 0.6 is 31.9 Å². The van der Waals surface area contributed by atoms with Crippen molar-refractivity contribution in [3.63, 3.8) is 0 Å². The second kappa shape index (κ2) is 3.36. The van der Waals surface area contributed by atoms with Crippen molar-refractivity contribution >= 4 is 39.7 Å². The highest BCUT2D eigenvalue weighted by atomic mass is 79.9. The van der Waals surface area contributed by atoms with E-state index < -0.39 is 0 Å². The fraction of sp³-hybridized carbons (Fsp3) is 0.429. The molecule has 11 heavy (non-hydrogen) atoms. The Kier molecular flexibility index (Phi) is 2.87. The van der Waals surface area contributed by atoms with Gasteiger partial charge in [-0.15, -0.1) is 0 Å². The molecule has 0 saturated heterocycles. The smallest absolute Gasteiger partial charge is 0.101 e. The maximum absolute atomic E-state index is 9.38. The lowest BCUT2D eigenvalue weighted by Gasteiger charge is -2.24. The monoisotopic (exact) mass is 276 g/mol. The van der Waals surface area contributed by atoms with E-state index in [1.54, 1.807) is 0 Å². The van der Waals surface area contributed by atoms with Gasteiger partial charge in [0.2, 0.25) is 0 Å². The third-order valence-electron chi connectivity index (χ3n) is 1.80. The predicted molar refractivity (Wildman–Crippen MR) is 54.3 cm³/mol. The van der Waals surface area contributed by atoms with E-state index in [1.807, 2.05) is 13.0 Å². The van der Waals surface area contributed by atoms with Crippen LogP contribution in [-0.2, 0) is 0 Å². The molecule has 0 spiro atoms.